The summed E-state index contributed by atoms with van der Waals surface area (Å²) in [5.74, 6) is -0.0855. The first kappa shape index (κ1) is 22.9. The Balaban J connectivity index is 1.25. The van der Waals surface area contributed by atoms with E-state index in [0.717, 1.165) is 24.1 Å². The van der Waals surface area contributed by atoms with Gasteiger partial charge in [0, 0.05) is 31.2 Å². The fraction of sp³-hybridized carbons (Fsp3) is 0.423. The molecule has 1 N–H and O–H groups in total. The van der Waals surface area contributed by atoms with Crippen molar-refractivity contribution < 1.29 is 14.4 Å². The van der Waals surface area contributed by atoms with Crippen molar-refractivity contribution in [2.45, 2.75) is 37.6 Å². The number of benzene rings is 2. The minimum atomic E-state index is -0.793. The molecule has 0 unspecified atom stereocenters. The zero-order valence-corrected chi connectivity index (χ0v) is 19.9. The second-order valence-corrected chi connectivity index (χ2v) is 9.77. The third-order valence-electron chi connectivity index (χ3n) is 7.31. The maximum absolute atomic E-state index is 13.6. The van der Waals surface area contributed by atoms with Gasteiger partial charge in [0.05, 0.1) is 24.3 Å². The Kier molecular flexibility index (Phi) is 6.32. The smallest absolute Gasteiger partial charge is 0.250 e. The fourth-order valence-corrected chi connectivity index (χ4v) is 5.67. The first-order chi connectivity index (χ1) is 16.5. The Morgan fingerprint density at radius 1 is 0.912 bits per heavy atom. The highest BCUT2D eigenvalue weighted by molar-refractivity contribution is 6.31. The molecule has 2 aromatic carbocycles. The van der Waals surface area contributed by atoms with Crippen LogP contribution in [0.5, 0.6) is 0 Å². The number of para-hydroxylation sites is 2. The predicted molar refractivity (Wildman–Crippen MR) is 132 cm³/mol. The van der Waals surface area contributed by atoms with E-state index < -0.39 is 5.54 Å². The highest BCUT2D eigenvalue weighted by Gasteiger charge is 2.52. The van der Waals surface area contributed by atoms with E-state index in [4.69, 9.17) is 11.6 Å². The van der Waals surface area contributed by atoms with Crippen LogP contribution in [0.1, 0.15) is 31.2 Å². The van der Waals surface area contributed by atoms with Crippen LogP contribution in [0.25, 0.3) is 0 Å². The van der Waals surface area contributed by atoms with E-state index in [1.165, 1.54) is 0 Å². The number of hydrogen-bond acceptors (Lipinski definition) is 4. The molecule has 8 heteroatoms. The fourth-order valence-electron chi connectivity index (χ4n) is 5.46. The van der Waals surface area contributed by atoms with Gasteiger partial charge < -0.3 is 10.2 Å². The van der Waals surface area contributed by atoms with Gasteiger partial charge in [0.25, 0.3) is 5.91 Å². The van der Waals surface area contributed by atoms with Gasteiger partial charge in [-0.15, -0.1) is 0 Å². The summed E-state index contributed by atoms with van der Waals surface area (Å²) >= 11 is 6.21. The lowest BCUT2D eigenvalue weighted by Gasteiger charge is -2.45. The highest BCUT2D eigenvalue weighted by Crippen LogP contribution is 2.45. The molecule has 2 aromatic rings. The second kappa shape index (κ2) is 9.39. The third kappa shape index (κ3) is 4.18. The molecular weight excluding hydrogens is 452 g/mol. The molecule has 1 spiro atoms. The summed E-state index contributed by atoms with van der Waals surface area (Å²) in [6.45, 7) is 2.61. The molecule has 34 heavy (non-hydrogen) atoms. The van der Waals surface area contributed by atoms with E-state index in [1.807, 2.05) is 47.4 Å². The first-order valence-corrected chi connectivity index (χ1v) is 12.3. The number of carbonyl (C=O) groups excluding carboxylic acids is 3. The van der Waals surface area contributed by atoms with Crippen molar-refractivity contribution in [2.24, 2.45) is 0 Å². The van der Waals surface area contributed by atoms with Crippen LogP contribution in [-0.2, 0) is 20.8 Å². The average Bonchev–Trinajstić information content (AvgIpc) is 3.32. The number of halogens is 1. The van der Waals surface area contributed by atoms with Crippen molar-refractivity contribution in [3.8, 4) is 0 Å². The molecule has 178 valence electrons. The number of hydrogen-bond donors (Lipinski definition) is 1. The summed E-state index contributed by atoms with van der Waals surface area (Å²) in [4.78, 5) is 45.2. The van der Waals surface area contributed by atoms with E-state index in [2.05, 4.69) is 10.2 Å². The minimum absolute atomic E-state index is 0.0469. The van der Waals surface area contributed by atoms with Gasteiger partial charge in [0.1, 0.15) is 5.54 Å². The first-order valence-electron chi connectivity index (χ1n) is 11.9. The van der Waals surface area contributed by atoms with E-state index in [9.17, 15) is 14.4 Å². The van der Waals surface area contributed by atoms with E-state index in [-0.39, 0.29) is 30.7 Å². The minimum Gasteiger partial charge on any atom is -0.340 e. The maximum Gasteiger partial charge on any atom is 0.250 e. The summed E-state index contributed by atoms with van der Waals surface area (Å²) in [5.41, 5.74) is 1.50. The van der Waals surface area contributed by atoms with Gasteiger partial charge in [-0.2, -0.15) is 0 Å². The zero-order valence-electron chi connectivity index (χ0n) is 19.1. The maximum atomic E-state index is 13.6. The Bertz CT molecular complexity index is 1110. The lowest BCUT2D eigenvalue weighted by molar-refractivity contribution is -0.133. The average molecular weight is 481 g/mol. The van der Waals surface area contributed by atoms with Gasteiger partial charge in [0.2, 0.25) is 11.8 Å². The van der Waals surface area contributed by atoms with Crippen LogP contribution in [0.2, 0.25) is 5.02 Å². The van der Waals surface area contributed by atoms with Crippen molar-refractivity contribution in [3.05, 3.63) is 59.1 Å². The number of piperazine rings is 1. The van der Waals surface area contributed by atoms with Gasteiger partial charge in [0.15, 0.2) is 0 Å². The Morgan fingerprint density at radius 3 is 2.32 bits per heavy atom. The molecule has 0 bridgehead atoms. The number of carbonyl (C=O) groups is 3. The molecule has 3 aliphatic rings. The summed E-state index contributed by atoms with van der Waals surface area (Å²) < 4.78 is 0. The van der Waals surface area contributed by atoms with Crippen molar-refractivity contribution >= 4 is 40.7 Å². The monoisotopic (exact) mass is 480 g/mol. The van der Waals surface area contributed by atoms with Gasteiger partial charge in [-0.25, -0.2) is 0 Å². The van der Waals surface area contributed by atoms with Crippen LogP contribution in [0.4, 0.5) is 11.4 Å². The SMILES string of the molecule is O=C(Cc1ccccc1Cl)N1CCN(CC(=O)N2c3ccccc3NC(=O)C23CCCC3)CC1. The quantitative estimate of drug-likeness (QED) is 0.728. The van der Waals surface area contributed by atoms with E-state index in [1.54, 1.807) is 11.0 Å². The Hall–Kier alpha value is -2.90. The molecule has 1 saturated carbocycles. The van der Waals surface area contributed by atoms with Crippen LogP contribution in [0.15, 0.2) is 48.5 Å². The van der Waals surface area contributed by atoms with Gasteiger partial charge >= 0.3 is 0 Å². The topological polar surface area (TPSA) is 73.0 Å². The number of fused-ring (bicyclic) bond motifs is 1. The van der Waals surface area contributed by atoms with Crippen molar-refractivity contribution in [1.82, 2.24) is 9.80 Å². The van der Waals surface area contributed by atoms with E-state index >= 15 is 0 Å². The predicted octanol–water partition coefficient (Wildman–Crippen LogP) is 3.32. The molecule has 1 aliphatic carbocycles. The Morgan fingerprint density at radius 2 is 1.59 bits per heavy atom. The molecule has 2 aliphatic heterocycles. The van der Waals surface area contributed by atoms with E-state index in [0.29, 0.717) is 49.7 Å². The summed E-state index contributed by atoms with van der Waals surface area (Å²) in [5, 5.41) is 3.63. The van der Waals surface area contributed by atoms with Crippen LogP contribution in [0, 0.1) is 0 Å². The molecule has 5 rings (SSSR count). The summed E-state index contributed by atoms with van der Waals surface area (Å²) in [6.07, 6.45) is 3.52. The van der Waals surface area contributed by atoms with Crippen molar-refractivity contribution in [1.29, 1.82) is 0 Å². The number of anilines is 2. The zero-order chi connectivity index (χ0) is 23.7. The Labute approximate surface area is 204 Å². The third-order valence-corrected chi connectivity index (χ3v) is 7.68. The molecule has 7 nitrogen and oxygen atoms in total. The number of nitrogens with one attached hydrogen (secondary N) is 1. The largest absolute Gasteiger partial charge is 0.340 e. The molecule has 2 heterocycles. The highest BCUT2D eigenvalue weighted by atomic mass is 35.5. The van der Waals surface area contributed by atoms with Crippen molar-refractivity contribution in [3.63, 3.8) is 0 Å². The standard InChI is InChI=1S/C26H29ClN4O3/c27-20-8-2-1-7-19(20)17-23(32)30-15-13-29(14-16-30)18-24(33)31-22-10-4-3-9-21(22)28-25(34)26(31)11-5-6-12-26/h1-4,7-10H,5-6,11-18H2,(H,28,34). The van der Waals surface area contributed by atoms with Gasteiger partial charge in [-0.1, -0.05) is 54.8 Å². The molecule has 1 saturated heterocycles. The molecule has 2 fully saturated rings. The normalized spacial score (nSPS) is 19.7. The lowest BCUT2D eigenvalue weighted by atomic mass is 9.89. The molecule has 0 atom stereocenters. The van der Waals surface area contributed by atoms with Crippen LogP contribution in [0.3, 0.4) is 0 Å². The molecular formula is C26H29ClN4O3. The summed E-state index contributed by atoms with van der Waals surface area (Å²) in [7, 11) is 0. The van der Waals surface area contributed by atoms with Crippen LogP contribution in [-0.4, -0.2) is 65.8 Å². The summed E-state index contributed by atoms with van der Waals surface area (Å²) in [6, 6.07) is 14.9. The second-order valence-electron chi connectivity index (χ2n) is 9.36. The lowest BCUT2D eigenvalue weighted by Crippen LogP contribution is -2.62. The van der Waals surface area contributed by atoms with Gasteiger partial charge in [-0.3, -0.25) is 24.2 Å². The molecule has 0 radical (unpaired) electrons. The van der Waals surface area contributed by atoms with Crippen LogP contribution < -0.4 is 10.2 Å². The molecule has 3 amide bonds. The number of rotatable bonds is 4. The van der Waals surface area contributed by atoms with Gasteiger partial charge in [-0.05, 0) is 36.6 Å². The number of nitrogens with zero attached hydrogens (tertiary/aromatic N) is 3. The molecule has 0 aromatic heterocycles. The van der Waals surface area contributed by atoms with Crippen LogP contribution >= 0.6 is 11.6 Å². The van der Waals surface area contributed by atoms with Crippen molar-refractivity contribution in [2.75, 3.05) is 42.9 Å². The number of amides is 3.